The molecule has 24 heavy (non-hydrogen) atoms. The van der Waals surface area contributed by atoms with Gasteiger partial charge in [0.25, 0.3) is 0 Å². The highest BCUT2D eigenvalue weighted by Crippen LogP contribution is 2.26. The Morgan fingerprint density at radius 1 is 1.25 bits per heavy atom. The number of carbonyl (C=O) groups is 2. The van der Waals surface area contributed by atoms with Crippen LogP contribution in [0.2, 0.25) is 0 Å². The minimum Gasteiger partial charge on any atom is -0.366 e. The van der Waals surface area contributed by atoms with Gasteiger partial charge in [0.2, 0.25) is 11.8 Å². The Labute approximate surface area is 152 Å². The van der Waals surface area contributed by atoms with E-state index in [9.17, 15) is 9.59 Å². The molecule has 1 aliphatic rings. The molecule has 0 unspecified atom stereocenters. The summed E-state index contributed by atoms with van der Waals surface area (Å²) in [5, 5.41) is 2.80. The summed E-state index contributed by atoms with van der Waals surface area (Å²) in [5.41, 5.74) is 6.24. The van der Waals surface area contributed by atoms with E-state index in [0.717, 1.165) is 17.2 Å². The third-order valence-corrected chi connectivity index (χ3v) is 5.61. The number of likely N-dealkylation sites (tertiary alicyclic amines) is 1. The van der Waals surface area contributed by atoms with Gasteiger partial charge in [0.15, 0.2) is 0 Å². The second-order valence-electron chi connectivity index (χ2n) is 6.08. The van der Waals surface area contributed by atoms with E-state index >= 15 is 0 Å². The third-order valence-electron chi connectivity index (χ3n) is 4.18. The third kappa shape index (κ3) is 4.95. The maximum atomic E-state index is 12.1. The summed E-state index contributed by atoms with van der Waals surface area (Å²) in [5.74, 6) is -0.336. The van der Waals surface area contributed by atoms with Crippen molar-refractivity contribution in [1.29, 1.82) is 0 Å². The van der Waals surface area contributed by atoms with Crippen molar-refractivity contribution in [2.75, 3.05) is 11.1 Å². The van der Waals surface area contributed by atoms with Crippen molar-refractivity contribution < 1.29 is 9.59 Å². The molecule has 0 saturated carbocycles. The van der Waals surface area contributed by atoms with Gasteiger partial charge in [-0.1, -0.05) is 24.0 Å². The number of amides is 2. The molecule has 2 rings (SSSR count). The van der Waals surface area contributed by atoms with Crippen molar-refractivity contribution >= 4 is 45.8 Å². The molecule has 0 aliphatic carbocycles. The van der Waals surface area contributed by atoms with E-state index in [1.807, 2.05) is 0 Å². The van der Waals surface area contributed by atoms with Gasteiger partial charge < -0.3 is 16.0 Å². The Morgan fingerprint density at radius 2 is 1.83 bits per heavy atom. The number of nitrogens with zero attached hydrogens (tertiary/aromatic N) is 1. The molecule has 1 fully saturated rings. The molecule has 1 aliphatic heterocycles. The molecule has 1 aromatic carbocycles. The maximum absolute atomic E-state index is 12.1. The molecular weight excluding hydrogens is 342 g/mol. The SMILES string of the molecule is C[C@H]1CCC[C@H](C)N1C(=S)SCC(=O)Nc1ccc(C(N)=O)cc1. The van der Waals surface area contributed by atoms with Gasteiger partial charge in [0.1, 0.15) is 4.32 Å². The highest BCUT2D eigenvalue weighted by Gasteiger charge is 2.27. The molecule has 0 radical (unpaired) electrons. The van der Waals surface area contributed by atoms with Crippen LogP contribution in [0, 0.1) is 0 Å². The number of anilines is 1. The smallest absolute Gasteiger partial charge is 0.248 e. The van der Waals surface area contributed by atoms with Gasteiger partial charge >= 0.3 is 0 Å². The van der Waals surface area contributed by atoms with Crippen LogP contribution in [0.5, 0.6) is 0 Å². The Kier molecular flexibility index (Phi) is 6.62. The molecule has 0 aromatic heterocycles. The molecule has 0 spiro atoms. The first-order valence-electron chi connectivity index (χ1n) is 8.03. The lowest BCUT2D eigenvalue weighted by Gasteiger charge is -2.40. The summed E-state index contributed by atoms with van der Waals surface area (Å²) in [6.45, 7) is 4.37. The molecule has 130 valence electrons. The van der Waals surface area contributed by atoms with Gasteiger partial charge in [-0.2, -0.15) is 0 Å². The van der Waals surface area contributed by atoms with Crippen molar-refractivity contribution in [3.63, 3.8) is 0 Å². The number of primary amides is 1. The first kappa shape index (κ1) is 18.7. The number of rotatable bonds is 4. The Bertz CT molecular complexity index is 609. The number of piperidine rings is 1. The number of hydrogen-bond donors (Lipinski definition) is 2. The number of thiocarbonyl (C=S) groups is 1. The fraction of sp³-hybridized carbons (Fsp3) is 0.471. The molecule has 1 aromatic rings. The van der Waals surface area contributed by atoms with Crippen LogP contribution in [-0.4, -0.2) is 38.9 Å². The van der Waals surface area contributed by atoms with Crippen molar-refractivity contribution in [3.05, 3.63) is 29.8 Å². The number of nitrogens with two attached hydrogens (primary N) is 1. The average Bonchev–Trinajstić information content (AvgIpc) is 2.53. The fourth-order valence-electron chi connectivity index (χ4n) is 2.90. The second-order valence-corrected chi connectivity index (χ2v) is 7.69. The van der Waals surface area contributed by atoms with Gasteiger partial charge in [-0.15, -0.1) is 0 Å². The lowest BCUT2D eigenvalue weighted by atomic mass is 9.99. The second kappa shape index (κ2) is 8.48. The summed E-state index contributed by atoms with van der Waals surface area (Å²) in [7, 11) is 0. The zero-order valence-electron chi connectivity index (χ0n) is 14.0. The van der Waals surface area contributed by atoms with Gasteiger partial charge in [-0.3, -0.25) is 9.59 Å². The number of carbonyl (C=O) groups excluding carboxylic acids is 2. The van der Waals surface area contributed by atoms with Crippen molar-refractivity contribution in [2.45, 2.75) is 45.2 Å². The fourth-order valence-corrected chi connectivity index (χ4v) is 4.27. The summed E-state index contributed by atoms with van der Waals surface area (Å²) in [4.78, 5) is 25.4. The Hall–Kier alpha value is -1.60. The predicted molar refractivity (Wildman–Crippen MR) is 103 cm³/mol. The van der Waals surface area contributed by atoms with Gasteiger partial charge in [0.05, 0.1) is 5.75 Å². The monoisotopic (exact) mass is 365 g/mol. The van der Waals surface area contributed by atoms with Crippen molar-refractivity contribution in [2.24, 2.45) is 5.73 Å². The van der Waals surface area contributed by atoms with Crippen LogP contribution in [0.15, 0.2) is 24.3 Å². The van der Waals surface area contributed by atoms with E-state index in [4.69, 9.17) is 18.0 Å². The van der Waals surface area contributed by atoms with Crippen LogP contribution in [0.3, 0.4) is 0 Å². The van der Waals surface area contributed by atoms with Crippen LogP contribution in [0.25, 0.3) is 0 Å². The lowest BCUT2D eigenvalue weighted by molar-refractivity contribution is -0.113. The zero-order valence-corrected chi connectivity index (χ0v) is 15.6. The Morgan fingerprint density at radius 3 is 2.38 bits per heavy atom. The lowest BCUT2D eigenvalue weighted by Crippen LogP contribution is -2.45. The summed E-state index contributed by atoms with van der Waals surface area (Å²) in [6.07, 6.45) is 3.51. The molecule has 1 heterocycles. The van der Waals surface area contributed by atoms with Crippen LogP contribution < -0.4 is 11.1 Å². The number of benzene rings is 1. The van der Waals surface area contributed by atoms with Crippen molar-refractivity contribution in [1.82, 2.24) is 4.90 Å². The molecule has 5 nitrogen and oxygen atoms in total. The molecule has 0 bridgehead atoms. The first-order chi connectivity index (χ1) is 11.4. The molecule has 2 amide bonds. The summed E-state index contributed by atoms with van der Waals surface area (Å²) < 4.78 is 0.786. The highest BCUT2D eigenvalue weighted by atomic mass is 32.2. The van der Waals surface area contributed by atoms with Gasteiger partial charge in [-0.05, 0) is 57.4 Å². The van der Waals surface area contributed by atoms with E-state index in [-0.39, 0.29) is 11.7 Å². The molecule has 7 heteroatoms. The minimum absolute atomic E-state index is 0.119. The van der Waals surface area contributed by atoms with E-state index in [1.165, 1.54) is 18.2 Å². The average molecular weight is 366 g/mol. The quantitative estimate of drug-likeness (QED) is 0.802. The predicted octanol–water partition coefficient (Wildman–Crippen LogP) is 3.01. The Balaban J connectivity index is 1.84. The molecule has 3 N–H and O–H groups in total. The highest BCUT2D eigenvalue weighted by molar-refractivity contribution is 8.23. The molecule has 1 saturated heterocycles. The first-order valence-corrected chi connectivity index (χ1v) is 9.42. The largest absolute Gasteiger partial charge is 0.366 e. The molecule has 2 atom stereocenters. The van der Waals surface area contributed by atoms with Crippen molar-refractivity contribution in [3.8, 4) is 0 Å². The molecular formula is C17H23N3O2S2. The van der Waals surface area contributed by atoms with E-state index in [1.54, 1.807) is 24.3 Å². The zero-order chi connectivity index (χ0) is 17.7. The number of thioether (sulfide) groups is 1. The topological polar surface area (TPSA) is 75.4 Å². The minimum atomic E-state index is -0.487. The van der Waals surface area contributed by atoms with Crippen LogP contribution in [-0.2, 0) is 4.79 Å². The van der Waals surface area contributed by atoms with E-state index < -0.39 is 5.91 Å². The van der Waals surface area contributed by atoms with E-state index in [2.05, 4.69) is 24.1 Å². The standard InChI is InChI=1S/C17H23N3O2S2/c1-11-4-3-5-12(2)20(11)17(23)24-10-15(21)19-14-8-6-13(7-9-14)16(18)22/h6-9,11-12H,3-5,10H2,1-2H3,(H2,18,22)(H,19,21)/t11-,12-/m0/s1. The maximum Gasteiger partial charge on any atom is 0.248 e. The summed E-state index contributed by atoms with van der Waals surface area (Å²) in [6, 6.07) is 7.36. The van der Waals surface area contributed by atoms with Gasteiger partial charge in [-0.25, -0.2) is 0 Å². The normalized spacial score (nSPS) is 20.5. The van der Waals surface area contributed by atoms with Crippen LogP contribution in [0.4, 0.5) is 5.69 Å². The summed E-state index contributed by atoms with van der Waals surface area (Å²) >= 11 is 6.91. The number of hydrogen-bond acceptors (Lipinski definition) is 4. The van der Waals surface area contributed by atoms with E-state index in [0.29, 0.717) is 23.3 Å². The van der Waals surface area contributed by atoms with Gasteiger partial charge in [0, 0.05) is 23.3 Å². The van der Waals surface area contributed by atoms with Crippen LogP contribution >= 0.6 is 24.0 Å². The number of nitrogens with one attached hydrogen (secondary N) is 1. The van der Waals surface area contributed by atoms with Crippen LogP contribution in [0.1, 0.15) is 43.5 Å².